The molecule has 2 atom stereocenters. The summed E-state index contributed by atoms with van der Waals surface area (Å²) in [6.07, 6.45) is 1.34. The normalized spacial score (nSPS) is 21.0. The van der Waals surface area contributed by atoms with Gasteiger partial charge in [0.05, 0.1) is 19.1 Å². The number of esters is 1. The highest BCUT2D eigenvalue weighted by atomic mass is 16.5. The SMILES string of the molecule is COC(=O)[C@H]1CCCN(C[C@@H](O)c2cc(C)ccc2C)C1. The number of piperidine rings is 1. The van der Waals surface area contributed by atoms with E-state index in [0.717, 1.165) is 36.1 Å². The van der Waals surface area contributed by atoms with E-state index >= 15 is 0 Å². The Morgan fingerprint density at radius 2 is 2.24 bits per heavy atom. The maximum absolute atomic E-state index is 11.7. The van der Waals surface area contributed by atoms with Gasteiger partial charge in [0, 0.05) is 13.1 Å². The summed E-state index contributed by atoms with van der Waals surface area (Å²) in [6, 6.07) is 6.14. The molecule has 4 heteroatoms. The van der Waals surface area contributed by atoms with Gasteiger partial charge in [-0.15, -0.1) is 0 Å². The molecular formula is C17H25NO3. The van der Waals surface area contributed by atoms with Crippen molar-refractivity contribution in [2.45, 2.75) is 32.8 Å². The number of aryl methyl sites for hydroxylation is 2. The third-order valence-electron chi connectivity index (χ3n) is 4.26. The van der Waals surface area contributed by atoms with Crippen LogP contribution in [0.25, 0.3) is 0 Å². The minimum Gasteiger partial charge on any atom is -0.469 e. The molecule has 0 unspecified atom stereocenters. The zero-order valence-electron chi connectivity index (χ0n) is 13.1. The molecule has 0 spiro atoms. The van der Waals surface area contributed by atoms with E-state index in [1.807, 2.05) is 26.0 Å². The van der Waals surface area contributed by atoms with E-state index in [0.29, 0.717) is 13.1 Å². The van der Waals surface area contributed by atoms with Gasteiger partial charge in [-0.2, -0.15) is 0 Å². The minimum atomic E-state index is -0.513. The van der Waals surface area contributed by atoms with Crippen LogP contribution in [0.3, 0.4) is 0 Å². The van der Waals surface area contributed by atoms with E-state index < -0.39 is 6.10 Å². The van der Waals surface area contributed by atoms with Crippen molar-refractivity contribution in [2.24, 2.45) is 5.92 Å². The maximum Gasteiger partial charge on any atom is 0.309 e. The van der Waals surface area contributed by atoms with Crippen molar-refractivity contribution in [3.63, 3.8) is 0 Å². The van der Waals surface area contributed by atoms with Crippen molar-refractivity contribution in [1.29, 1.82) is 0 Å². The number of likely N-dealkylation sites (tertiary alicyclic amines) is 1. The monoisotopic (exact) mass is 291 g/mol. The first-order chi connectivity index (χ1) is 10.0. The van der Waals surface area contributed by atoms with E-state index in [2.05, 4.69) is 11.0 Å². The van der Waals surface area contributed by atoms with Crippen LogP contribution in [0.2, 0.25) is 0 Å². The highest BCUT2D eigenvalue weighted by Crippen LogP contribution is 2.23. The van der Waals surface area contributed by atoms with Gasteiger partial charge in [-0.1, -0.05) is 23.8 Å². The molecular weight excluding hydrogens is 266 g/mol. The number of aliphatic hydroxyl groups excluding tert-OH is 1. The number of carbonyl (C=O) groups is 1. The van der Waals surface area contributed by atoms with Gasteiger partial charge >= 0.3 is 5.97 Å². The molecule has 0 aromatic heterocycles. The second-order valence-corrected chi connectivity index (χ2v) is 6.00. The van der Waals surface area contributed by atoms with Crippen molar-refractivity contribution in [1.82, 2.24) is 4.90 Å². The van der Waals surface area contributed by atoms with Crippen LogP contribution in [0.1, 0.15) is 35.6 Å². The first-order valence-corrected chi connectivity index (χ1v) is 7.56. The van der Waals surface area contributed by atoms with Gasteiger partial charge in [0.1, 0.15) is 0 Å². The standard InChI is InChI=1S/C17H25NO3/c1-12-6-7-13(2)15(9-12)16(19)11-18-8-4-5-14(10-18)17(20)21-3/h6-7,9,14,16,19H,4-5,8,10-11H2,1-3H3/t14-,16+/m0/s1. The van der Waals surface area contributed by atoms with Gasteiger partial charge in [-0.25, -0.2) is 0 Å². The summed E-state index contributed by atoms with van der Waals surface area (Å²) in [7, 11) is 1.44. The number of nitrogens with zero attached hydrogens (tertiary/aromatic N) is 1. The molecule has 1 aliphatic rings. The molecule has 2 rings (SSSR count). The number of ether oxygens (including phenoxy) is 1. The quantitative estimate of drug-likeness (QED) is 0.864. The summed E-state index contributed by atoms with van der Waals surface area (Å²) < 4.78 is 4.83. The average Bonchev–Trinajstić information content (AvgIpc) is 2.49. The molecule has 1 heterocycles. The summed E-state index contributed by atoms with van der Waals surface area (Å²) in [6.45, 7) is 6.22. The van der Waals surface area contributed by atoms with E-state index in [-0.39, 0.29) is 11.9 Å². The molecule has 0 aliphatic carbocycles. The van der Waals surface area contributed by atoms with Crippen LogP contribution < -0.4 is 0 Å². The fraction of sp³-hybridized carbons (Fsp3) is 0.588. The van der Waals surface area contributed by atoms with Crippen LogP contribution in [0, 0.1) is 19.8 Å². The third kappa shape index (κ3) is 4.05. The Hall–Kier alpha value is -1.39. The molecule has 0 radical (unpaired) electrons. The number of rotatable bonds is 4. The molecule has 1 N–H and O–H groups in total. The van der Waals surface area contributed by atoms with Crippen LogP contribution in [0.4, 0.5) is 0 Å². The number of benzene rings is 1. The van der Waals surface area contributed by atoms with Gasteiger partial charge in [-0.05, 0) is 44.4 Å². The molecule has 1 aromatic rings. The minimum absolute atomic E-state index is 0.0606. The van der Waals surface area contributed by atoms with Crippen molar-refractivity contribution in [2.75, 3.05) is 26.7 Å². The predicted molar refractivity (Wildman–Crippen MR) is 82.1 cm³/mol. The Morgan fingerprint density at radius 3 is 2.95 bits per heavy atom. The highest BCUT2D eigenvalue weighted by Gasteiger charge is 2.27. The predicted octanol–water partition coefficient (Wildman–Crippen LogP) is 2.22. The van der Waals surface area contributed by atoms with Gasteiger partial charge < -0.3 is 9.84 Å². The molecule has 1 saturated heterocycles. The Balaban J connectivity index is 2.00. The fourth-order valence-electron chi connectivity index (χ4n) is 3.04. The van der Waals surface area contributed by atoms with Gasteiger partial charge in [0.25, 0.3) is 0 Å². The number of aliphatic hydroxyl groups is 1. The topological polar surface area (TPSA) is 49.8 Å². The summed E-state index contributed by atoms with van der Waals surface area (Å²) in [4.78, 5) is 13.8. The Labute approximate surface area is 126 Å². The molecule has 21 heavy (non-hydrogen) atoms. The first kappa shape index (κ1) is 16.0. The van der Waals surface area contributed by atoms with Gasteiger partial charge in [-0.3, -0.25) is 9.69 Å². The number of hydrogen-bond donors (Lipinski definition) is 1. The van der Waals surface area contributed by atoms with Gasteiger partial charge in [0.2, 0.25) is 0 Å². The molecule has 0 saturated carbocycles. The van der Waals surface area contributed by atoms with Crippen LogP contribution in [0.5, 0.6) is 0 Å². The summed E-state index contributed by atoms with van der Waals surface area (Å²) >= 11 is 0. The molecule has 1 fully saturated rings. The second-order valence-electron chi connectivity index (χ2n) is 6.00. The average molecular weight is 291 g/mol. The third-order valence-corrected chi connectivity index (χ3v) is 4.26. The lowest BCUT2D eigenvalue weighted by Gasteiger charge is -2.33. The van der Waals surface area contributed by atoms with E-state index in [4.69, 9.17) is 4.74 Å². The van der Waals surface area contributed by atoms with Crippen LogP contribution in [-0.4, -0.2) is 42.7 Å². The molecule has 1 aromatic carbocycles. The van der Waals surface area contributed by atoms with Gasteiger partial charge in [0.15, 0.2) is 0 Å². The number of methoxy groups -OCH3 is 1. The van der Waals surface area contributed by atoms with Crippen molar-refractivity contribution in [3.05, 3.63) is 34.9 Å². The summed E-state index contributed by atoms with van der Waals surface area (Å²) in [5.41, 5.74) is 3.24. The number of β-amino-alcohol motifs (C(OH)–C–C–N with tert-alkyl or cyclic N) is 1. The van der Waals surface area contributed by atoms with Crippen LogP contribution >= 0.6 is 0 Å². The smallest absolute Gasteiger partial charge is 0.309 e. The second kappa shape index (κ2) is 7.05. The molecule has 0 amide bonds. The Kier molecular flexibility index (Phi) is 5.37. The Bertz CT molecular complexity index is 501. The summed E-state index contributed by atoms with van der Waals surface area (Å²) in [5.74, 6) is -0.199. The van der Waals surface area contributed by atoms with E-state index in [9.17, 15) is 9.90 Å². The first-order valence-electron chi connectivity index (χ1n) is 7.56. The lowest BCUT2D eigenvalue weighted by Crippen LogP contribution is -2.41. The molecule has 4 nitrogen and oxygen atoms in total. The molecule has 0 bridgehead atoms. The van der Waals surface area contributed by atoms with Crippen molar-refractivity contribution in [3.8, 4) is 0 Å². The zero-order chi connectivity index (χ0) is 15.4. The summed E-state index contributed by atoms with van der Waals surface area (Å²) in [5, 5.41) is 10.5. The lowest BCUT2D eigenvalue weighted by atomic mass is 9.96. The van der Waals surface area contributed by atoms with Crippen LogP contribution in [-0.2, 0) is 9.53 Å². The maximum atomic E-state index is 11.7. The van der Waals surface area contributed by atoms with Crippen molar-refractivity contribution >= 4 is 5.97 Å². The van der Waals surface area contributed by atoms with Crippen LogP contribution in [0.15, 0.2) is 18.2 Å². The zero-order valence-corrected chi connectivity index (χ0v) is 13.1. The van der Waals surface area contributed by atoms with E-state index in [1.165, 1.54) is 7.11 Å². The number of hydrogen-bond acceptors (Lipinski definition) is 4. The van der Waals surface area contributed by atoms with Crippen molar-refractivity contribution < 1.29 is 14.6 Å². The highest BCUT2D eigenvalue weighted by molar-refractivity contribution is 5.72. The molecule has 116 valence electrons. The fourth-order valence-corrected chi connectivity index (χ4v) is 3.04. The number of carbonyl (C=O) groups excluding carboxylic acids is 1. The largest absolute Gasteiger partial charge is 0.469 e. The van der Waals surface area contributed by atoms with E-state index in [1.54, 1.807) is 0 Å². The Morgan fingerprint density at radius 1 is 1.48 bits per heavy atom. The molecule has 1 aliphatic heterocycles. The lowest BCUT2D eigenvalue weighted by molar-refractivity contribution is -0.147.